The van der Waals surface area contributed by atoms with E-state index in [2.05, 4.69) is 0 Å². The molecule has 1 aromatic carbocycles. The molecule has 0 aromatic heterocycles. The number of ether oxygens (including phenoxy) is 1. The highest BCUT2D eigenvalue weighted by molar-refractivity contribution is 6.31. The summed E-state index contributed by atoms with van der Waals surface area (Å²) in [6, 6.07) is 7.86. The second-order valence-corrected chi connectivity index (χ2v) is 6.69. The minimum Gasteiger partial charge on any atom is -0.370 e. The van der Waals surface area contributed by atoms with E-state index < -0.39 is 0 Å². The molecule has 6 heteroatoms. The highest BCUT2D eigenvalue weighted by atomic mass is 35.5. The molecule has 0 bridgehead atoms. The molecule has 1 unspecified atom stereocenters. The Hall–Kier alpha value is -0.810. The van der Waals surface area contributed by atoms with Gasteiger partial charge in [-0.05, 0) is 24.8 Å². The van der Waals surface area contributed by atoms with E-state index in [1.54, 1.807) is 0 Å². The molecule has 0 spiro atoms. The molecular weight excluding hydrogens is 335 g/mol. The first kappa shape index (κ1) is 18.5. The maximum absolute atomic E-state index is 12.5. The molecule has 1 aliphatic heterocycles. The van der Waals surface area contributed by atoms with E-state index in [4.69, 9.17) is 22.1 Å². The van der Waals surface area contributed by atoms with Crippen LogP contribution in [-0.2, 0) is 9.53 Å². The predicted octanol–water partition coefficient (Wildman–Crippen LogP) is 3.18. The van der Waals surface area contributed by atoms with Crippen molar-refractivity contribution >= 4 is 29.9 Å². The normalized spacial score (nSPS) is 27.6. The molecule has 1 amide bonds. The third kappa shape index (κ3) is 4.38. The second kappa shape index (κ2) is 8.34. The van der Waals surface area contributed by atoms with Gasteiger partial charge in [-0.1, -0.05) is 36.2 Å². The van der Waals surface area contributed by atoms with Gasteiger partial charge in [-0.15, -0.1) is 12.4 Å². The van der Waals surface area contributed by atoms with Gasteiger partial charge in [0.15, 0.2) is 0 Å². The van der Waals surface area contributed by atoms with Crippen LogP contribution < -0.4 is 5.73 Å². The monoisotopic (exact) mass is 358 g/mol. The van der Waals surface area contributed by atoms with Gasteiger partial charge in [-0.25, -0.2) is 0 Å². The van der Waals surface area contributed by atoms with E-state index in [0.717, 1.165) is 24.8 Å². The number of morpholine rings is 1. The van der Waals surface area contributed by atoms with Crippen molar-refractivity contribution in [2.45, 2.75) is 37.8 Å². The first-order chi connectivity index (χ1) is 10.6. The Balaban J connectivity index is 0.00000192. The van der Waals surface area contributed by atoms with Crippen molar-refractivity contribution in [1.82, 2.24) is 4.90 Å². The Morgan fingerprint density at radius 1 is 1.35 bits per heavy atom. The molecule has 2 aliphatic rings. The number of halogens is 2. The Morgan fingerprint density at radius 3 is 2.83 bits per heavy atom. The molecule has 1 aromatic rings. The summed E-state index contributed by atoms with van der Waals surface area (Å²) in [5.74, 6) is 0.539. The zero-order chi connectivity index (χ0) is 15.5. The van der Waals surface area contributed by atoms with Gasteiger partial charge >= 0.3 is 0 Å². The van der Waals surface area contributed by atoms with E-state index in [9.17, 15) is 4.79 Å². The Bertz CT molecular complexity index is 541. The lowest BCUT2D eigenvalue weighted by Gasteiger charge is -2.34. The van der Waals surface area contributed by atoms with Crippen molar-refractivity contribution in [2.24, 2.45) is 11.7 Å². The van der Waals surface area contributed by atoms with Crippen LogP contribution in [0.15, 0.2) is 24.3 Å². The van der Waals surface area contributed by atoms with Crippen molar-refractivity contribution in [2.75, 3.05) is 19.7 Å². The van der Waals surface area contributed by atoms with Crippen molar-refractivity contribution in [3.05, 3.63) is 34.9 Å². The first-order valence-corrected chi connectivity index (χ1v) is 8.42. The highest BCUT2D eigenvalue weighted by Gasteiger charge is 2.31. The van der Waals surface area contributed by atoms with Gasteiger partial charge in [0, 0.05) is 29.6 Å². The van der Waals surface area contributed by atoms with Crippen LogP contribution >= 0.6 is 24.0 Å². The Kier molecular flexibility index (Phi) is 6.72. The predicted molar refractivity (Wildman–Crippen MR) is 93.9 cm³/mol. The number of carbonyl (C=O) groups is 1. The van der Waals surface area contributed by atoms with Crippen LogP contribution in [0.1, 0.15) is 37.4 Å². The lowest BCUT2D eigenvalue weighted by molar-refractivity contribution is -0.140. The smallest absolute Gasteiger partial charge is 0.223 e. The number of nitrogens with zero attached hydrogens (tertiary/aromatic N) is 1. The van der Waals surface area contributed by atoms with Gasteiger partial charge in [0.2, 0.25) is 5.91 Å². The number of nitrogens with two attached hydrogens (primary N) is 1. The molecule has 4 nitrogen and oxygen atoms in total. The fourth-order valence-electron chi connectivity index (χ4n) is 3.47. The van der Waals surface area contributed by atoms with Gasteiger partial charge < -0.3 is 15.4 Å². The fraction of sp³-hybridized carbons (Fsp3) is 0.588. The quantitative estimate of drug-likeness (QED) is 0.902. The standard InChI is InChI=1S/C17H23ClN2O2.ClH/c18-14-6-2-1-5-13(14)16-11-20(8-9-22-16)17(21)10-12-4-3-7-15(12)19;/h1-2,5-6,12,15-16H,3-4,7-11,19H2;1H/t12-,15+,16?;/m0./s1. The minimum atomic E-state index is -0.136. The molecule has 1 aliphatic carbocycles. The van der Waals surface area contributed by atoms with E-state index in [1.807, 2.05) is 29.2 Å². The summed E-state index contributed by atoms with van der Waals surface area (Å²) >= 11 is 6.24. The van der Waals surface area contributed by atoms with E-state index >= 15 is 0 Å². The lowest BCUT2D eigenvalue weighted by Crippen LogP contribution is -2.43. The van der Waals surface area contributed by atoms with Gasteiger partial charge in [0.25, 0.3) is 0 Å². The average Bonchev–Trinajstić information content (AvgIpc) is 2.93. The first-order valence-electron chi connectivity index (χ1n) is 8.04. The van der Waals surface area contributed by atoms with Crippen LogP contribution in [-0.4, -0.2) is 36.5 Å². The van der Waals surface area contributed by atoms with Gasteiger partial charge in [0.1, 0.15) is 6.10 Å². The molecule has 0 radical (unpaired) electrons. The summed E-state index contributed by atoms with van der Waals surface area (Å²) in [6.07, 6.45) is 3.69. The summed E-state index contributed by atoms with van der Waals surface area (Å²) < 4.78 is 5.81. The van der Waals surface area contributed by atoms with E-state index in [1.165, 1.54) is 0 Å². The molecule has 1 heterocycles. The van der Waals surface area contributed by atoms with Crippen molar-refractivity contribution < 1.29 is 9.53 Å². The van der Waals surface area contributed by atoms with Crippen molar-refractivity contribution in [3.63, 3.8) is 0 Å². The number of hydrogen-bond donors (Lipinski definition) is 1. The SMILES string of the molecule is Cl.N[C@@H]1CCC[C@H]1CC(=O)N1CCOC(c2ccccc2Cl)C1. The van der Waals surface area contributed by atoms with Crippen LogP contribution in [0.5, 0.6) is 0 Å². The molecule has 1 saturated heterocycles. The zero-order valence-corrected chi connectivity index (χ0v) is 14.7. The van der Waals surface area contributed by atoms with Gasteiger partial charge in [-0.2, -0.15) is 0 Å². The largest absolute Gasteiger partial charge is 0.370 e. The second-order valence-electron chi connectivity index (χ2n) is 6.28. The minimum absolute atomic E-state index is 0. The average molecular weight is 359 g/mol. The van der Waals surface area contributed by atoms with Crippen LogP contribution in [0.2, 0.25) is 5.02 Å². The molecule has 2 N–H and O–H groups in total. The van der Waals surface area contributed by atoms with Gasteiger partial charge in [-0.3, -0.25) is 4.79 Å². The summed E-state index contributed by atoms with van der Waals surface area (Å²) in [4.78, 5) is 14.4. The summed E-state index contributed by atoms with van der Waals surface area (Å²) in [7, 11) is 0. The van der Waals surface area contributed by atoms with E-state index in [0.29, 0.717) is 37.1 Å². The van der Waals surface area contributed by atoms with Crippen LogP contribution in [0.3, 0.4) is 0 Å². The highest BCUT2D eigenvalue weighted by Crippen LogP contribution is 2.30. The maximum atomic E-state index is 12.5. The molecular formula is C17H24Cl2N2O2. The van der Waals surface area contributed by atoms with Crippen molar-refractivity contribution in [1.29, 1.82) is 0 Å². The number of benzene rings is 1. The topological polar surface area (TPSA) is 55.6 Å². The Labute approximate surface area is 148 Å². The van der Waals surface area contributed by atoms with Crippen LogP contribution in [0, 0.1) is 5.92 Å². The number of carbonyl (C=O) groups excluding carboxylic acids is 1. The summed E-state index contributed by atoms with van der Waals surface area (Å²) in [5.41, 5.74) is 7.04. The fourth-order valence-corrected chi connectivity index (χ4v) is 3.73. The number of rotatable bonds is 3. The lowest BCUT2D eigenvalue weighted by atomic mass is 9.99. The third-order valence-corrected chi connectivity index (χ3v) is 5.17. The maximum Gasteiger partial charge on any atom is 0.223 e. The van der Waals surface area contributed by atoms with Crippen LogP contribution in [0.25, 0.3) is 0 Å². The molecule has 128 valence electrons. The molecule has 23 heavy (non-hydrogen) atoms. The molecule has 1 saturated carbocycles. The molecule has 3 rings (SSSR count). The van der Waals surface area contributed by atoms with E-state index in [-0.39, 0.29) is 30.5 Å². The summed E-state index contributed by atoms with van der Waals surface area (Å²) in [6.45, 7) is 1.78. The molecule has 2 fully saturated rings. The van der Waals surface area contributed by atoms with Crippen molar-refractivity contribution in [3.8, 4) is 0 Å². The van der Waals surface area contributed by atoms with Gasteiger partial charge in [0.05, 0.1) is 13.2 Å². The number of hydrogen-bond acceptors (Lipinski definition) is 3. The zero-order valence-electron chi connectivity index (χ0n) is 13.1. The van der Waals surface area contributed by atoms with Crippen LogP contribution in [0.4, 0.5) is 0 Å². The molecule has 3 atom stereocenters. The number of amides is 1. The summed E-state index contributed by atoms with van der Waals surface area (Å²) in [5, 5.41) is 0.694. The third-order valence-electron chi connectivity index (χ3n) is 4.83. The Morgan fingerprint density at radius 2 is 2.13 bits per heavy atom.